The molecule has 1 aliphatic carbocycles. The number of anilines is 1. The van der Waals surface area contributed by atoms with Gasteiger partial charge in [-0.3, -0.25) is 4.79 Å². The first kappa shape index (κ1) is 20.0. The summed E-state index contributed by atoms with van der Waals surface area (Å²) in [4.78, 5) is 16.0. The zero-order valence-corrected chi connectivity index (χ0v) is 14.7. The molecule has 1 heterocycles. The molecular formula is C16H24Cl2FN3O. The van der Waals surface area contributed by atoms with Gasteiger partial charge in [-0.2, -0.15) is 0 Å². The predicted molar refractivity (Wildman–Crippen MR) is 95.3 cm³/mol. The summed E-state index contributed by atoms with van der Waals surface area (Å²) in [5.41, 5.74) is 0.636. The number of piperazine rings is 1. The Hall–Kier alpha value is -1.04. The van der Waals surface area contributed by atoms with E-state index in [0.717, 1.165) is 12.5 Å². The first-order chi connectivity index (χ1) is 10.2. The van der Waals surface area contributed by atoms with Crippen LogP contribution < -0.4 is 10.2 Å². The van der Waals surface area contributed by atoms with Crippen LogP contribution in [-0.2, 0) is 4.79 Å². The Labute approximate surface area is 149 Å². The molecule has 4 nitrogen and oxygen atoms in total. The van der Waals surface area contributed by atoms with Gasteiger partial charge in [0.25, 0.3) is 0 Å². The Morgan fingerprint density at radius 2 is 1.78 bits per heavy atom. The number of carbonyl (C=O) groups is 1. The van der Waals surface area contributed by atoms with Crippen LogP contribution in [0.25, 0.3) is 0 Å². The molecule has 1 aliphatic heterocycles. The molecule has 2 aliphatic rings. The van der Waals surface area contributed by atoms with Crippen LogP contribution in [0.15, 0.2) is 24.3 Å². The number of halogens is 3. The van der Waals surface area contributed by atoms with Crippen molar-refractivity contribution in [1.82, 2.24) is 10.2 Å². The van der Waals surface area contributed by atoms with Crippen molar-refractivity contribution in [3.05, 3.63) is 30.1 Å². The van der Waals surface area contributed by atoms with Gasteiger partial charge in [-0.1, -0.05) is 12.1 Å². The molecule has 23 heavy (non-hydrogen) atoms. The maximum Gasteiger partial charge on any atom is 0.236 e. The molecule has 1 aromatic rings. The summed E-state index contributed by atoms with van der Waals surface area (Å²) in [7, 11) is 0. The van der Waals surface area contributed by atoms with E-state index in [4.69, 9.17) is 0 Å². The van der Waals surface area contributed by atoms with Crippen molar-refractivity contribution in [3.63, 3.8) is 0 Å². The molecule has 7 heteroatoms. The molecule has 1 amide bonds. The van der Waals surface area contributed by atoms with Gasteiger partial charge in [-0.05, 0) is 37.4 Å². The monoisotopic (exact) mass is 363 g/mol. The van der Waals surface area contributed by atoms with Crippen LogP contribution in [-0.4, -0.2) is 50.1 Å². The smallest absolute Gasteiger partial charge is 0.236 e. The number of hydrogen-bond acceptors (Lipinski definition) is 3. The van der Waals surface area contributed by atoms with Crippen LogP contribution in [0.1, 0.15) is 12.8 Å². The van der Waals surface area contributed by atoms with Crippen LogP contribution in [0.5, 0.6) is 0 Å². The molecule has 0 aromatic heterocycles. The largest absolute Gasteiger partial charge is 0.366 e. The zero-order chi connectivity index (χ0) is 14.7. The third-order valence-electron chi connectivity index (χ3n) is 4.23. The summed E-state index contributed by atoms with van der Waals surface area (Å²) in [5.74, 6) is 0.753. The maximum atomic E-state index is 13.7. The van der Waals surface area contributed by atoms with Gasteiger partial charge in [0.2, 0.25) is 5.91 Å². The zero-order valence-electron chi connectivity index (χ0n) is 13.0. The van der Waals surface area contributed by atoms with E-state index in [1.165, 1.54) is 18.9 Å². The summed E-state index contributed by atoms with van der Waals surface area (Å²) in [5, 5.41) is 3.23. The molecule has 2 fully saturated rings. The Kier molecular flexibility index (Phi) is 8.09. The number of para-hydroxylation sites is 1. The van der Waals surface area contributed by atoms with Gasteiger partial charge in [-0.15, -0.1) is 24.8 Å². The molecule has 1 saturated heterocycles. The number of hydrogen-bond donors (Lipinski definition) is 1. The van der Waals surface area contributed by atoms with Crippen molar-refractivity contribution < 1.29 is 9.18 Å². The van der Waals surface area contributed by atoms with Crippen LogP contribution in [0.2, 0.25) is 0 Å². The molecule has 0 spiro atoms. The lowest BCUT2D eigenvalue weighted by Crippen LogP contribution is -2.51. The van der Waals surface area contributed by atoms with E-state index in [9.17, 15) is 9.18 Å². The fourth-order valence-corrected chi connectivity index (χ4v) is 2.72. The fourth-order valence-electron chi connectivity index (χ4n) is 2.72. The predicted octanol–water partition coefficient (Wildman–Crippen LogP) is 2.32. The van der Waals surface area contributed by atoms with Gasteiger partial charge >= 0.3 is 0 Å². The maximum absolute atomic E-state index is 13.7. The fraction of sp³-hybridized carbons (Fsp3) is 0.562. The minimum absolute atomic E-state index is 0. The minimum Gasteiger partial charge on any atom is -0.366 e. The van der Waals surface area contributed by atoms with E-state index in [-0.39, 0.29) is 36.5 Å². The van der Waals surface area contributed by atoms with Gasteiger partial charge in [0.1, 0.15) is 5.82 Å². The van der Waals surface area contributed by atoms with Crippen LogP contribution in [0.3, 0.4) is 0 Å². The Bertz CT molecular complexity index is 506. The molecule has 1 aromatic carbocycles. The normalized spacial score (nSPS) is 17.3. The van der Waals surface area contributed by atoms with Crippen LogP contribution >= 0.6 is 24.8 Å². The van der Waals surface area contributed by atoms with Gasteiger partial charge < -0.3 is 15.1 Å². The Morgan fingerprint density at radius 1 is 1.13 bits per heavy atom. The van der Waals surface area contributed by atoms with Crippen molar-refractivity contribution >= 4 is 36.4 Å². The third kappa shape index (κ3) is 5.52. The van der Waals surface area contributed by atoms with Gasteiger partial charge in [0, 0.05) is 26.2 Å². The average molecular weight is 364 g/mol. The van der Waals surface area contributed by atoms with Crippen molar-refractivity contribution in [2.75, 3.05) is 44.2 Å². The summed E-state index contributed by atoms with van der Waals surface area (Å²) in [6, 6.07) is 6.82. The number of amides is 1. The molecule has 0 radical (unpaired) electrons. The Balaban J connectivity index is 0.00000132. The number of carbonyl (C=O) groups excluding carboxylic acids is 1. The SMILES string of the molecule is Cl.Cl.O=C(CNCC1CC1)N1CCN(c2ccccc2F)CC1. The van der Waals surface area contributed by atoms with Crippen molar-refractivity contribution in [2.24, 2.45) is 5.92 Å². The van der Waals surface area contributed by atoms with Gasteiger partial charge in [0.15, 0.2) is 0 Å². The van der Waals surface area contributed by atoms with E-state index in [2.05, 4.69) is 5.32 Å². The minimum atomic E-state index is -0.191. The lowest BCUT2D eigenvalue weighted by atomic mass is 10.2. The summed E-state index contributed by atoms with van der Waals surface area (Å²) in [6.07, 6.45) is 2.59. The standard InChI is InChI=1S/C16H22FN3O.2ClH/c17-14-3-1-2-4-15(14)19-7-9-20(10-8-19)16(21)12-18-11-13-5-6-13;;/h1-4,13,18H,5-12H2;2*1H. The van der Waals surface area contributed by atoms with Crippen LogP contribution in [0.4, 0.5) is 10.1 Å². The molecule has 0 bridgehead atoms. The van der Waals surface area contributed by atoms with Crippen molar-refractivity contribution in [3.8, 4) is 0 Å². The van der Waals surface area contributed by atoms with Gasteiger partial charge in [-0.25, -0.2) is 4.39 Å². The highest BCUT2D eigenvalue weighted by molar-refractivity contribution is 5.85. The van der Waals surface area contributed by atoms with E-state index in [0.29, 0.717) is 38.4 Å². The third-order valence-corrected chi connectivity index (χ3v) is 4.23. The quantitative estimate of drug-likeness (QED) is 0.871. The molecule has 0 unspecified atom stereocenters. The van der Waals surface area contributed by atoms with E-state index in [1.54, 1.807) is 12.1 Å². The molecule has 1 saturated carbocycles. The van der Waals surface area contributed by atoms with Crippen molar-refractivity contribution in [2.45, 2.75) is 12.8 Å². The molecule has 1 N–H and O–H groups in total. The number of rotatable bonds is 5. The summed E-state index contributed by atoms with van der Waals surface area (Å²) in [6.45, 7) is 4.10. The molecular weight excluding hydrogens is 340 g/mol. The number of benzene rings is 1. The van der Waals surface area contributed by atoms with Crippen LogP contribution in [0, 0.1) is 11.7 Å². The first-order valence-electron chi connectivity index (χ1n) is 7.72. The average Bonchev–Trinajstić information content (AvgIpc) is 3.32. The van der Waals surface area contributed by atoms with E-state index >= 15 is 0 Å². The molecule has 130 valence electrons. The lowest BCUT2D eigenvalue weighted by Gasteiger charge is -2.36. The highest BCUT2D eigenvalue weighted by Crippen LogP contribution is 2.27. The topological polar surface area (TPSA) is 35.6 Å². The summed E-state index contributed by atoms with van der Waals surface area (Å²) >= 11 is 0. The second-order valence-electron chi connectivity index (χ2n) is 5.89. The van der Waals surface area contributed by atoms with Gasteiger partial charge in [0.05, 0.1) is 12.2 Å². The Morgan fingerprint density at radius 3 is 2.39 bits per heavy atom. The second kappa shape index (κ2) is 9.30. The lowest BCUT2D eigenvalue weighted by molar-refractivity contribution is -0.130. The first-order valence-corrected chi connectivity index (χ1v) is 7.72. The molecule has 3 rings (SSSR count). The van der Waals surface area contributed by atoms with E-state index in [1.807, 2.05) is 15.9 Å². The van der Waals surface area contributed by atoms with E-state index < -0.39 is 0 Å². The summed E-state index contributed by atoms with van der Waals surface area (Å²) < 4.78 is 13.7. The van der Waals surface area contributed by atoms with Crippen molar-refractivity contribution in [1.29, 1.82) is 0 Å². The highest BCUT2D eigenvalue weighted by Gasteiger charge is 2.24. The number of nitrogens with zero attached hydrogens (tertiary/aromatic N) is 2. The molecule has 0 atom stereocenters. The second-order valence-corrected chi connectivity index (χ2v) is 5.89. The number of nitrogens with one attached hydrogen (secondary N) is 1. The highest BCUT2D eigenvalue weighted by atomic mass is 35.5.